The van der Waals surface area contributed by atoms with Gasteiger partial charge in [-0.3, -0.25) is 0 Å². The molecule has 2 rings (SSSR count). The maximum atomic E-state index is 11.5. The number of nitrogens with zero attached hydrogens (tertiary/aromatic N) is 1. The van der Waals surface area contributed by atoms with E-state index in [-0.39, 0.29) is 5.97 Å². The second kappa shape index (κ2) is 7.89. The Labute approximate surface area is 123 Å². The number of nitrogens with one attached hydrogen (secondary N) is 1. The molecule has 21 heavy (non-hydrogen) atoms. The third kappa shape index (κ3) is 4.80. The van der Waals surface area contributed by atoms with Crippen LogP contribution in [-0.2, 0) is 4.74 Å². The summed E-state index contributed by atoms with van der Waals surface area (Å²) < 4.78 is 10.5. The summed E-state index contributed by atoms with van der Waals surface area (Å²) in [5, 5.41) is 3.12. The van der Waals surface area contributed by atoms with E-state index in [4.69, 9.17) is 9.47 Å². The molecule has 0 bridgehead atoms. The molecule has 0 fully saturated rings. The fourth-order valence-corrected chi connectivity index (χ4v) is 1.70. The Bertz CT molecular complexity index is 555. The number of benzene rings is 1. The number of carbonyl (C=O) groups excluding carboxylic acids is 1. The fraction of sp³-hybridized carbons (Fsp3) is 0.250. The van der Waals surface area contributed by atoms with Crippen LogP contribution in [0.2, 0.25) is 0 Å². The molecule has 110 valence electrons. The monoisotopic (exact) mass is 286 g/mol. The summed E-state index contributed by atoms with van der Waals surface area (Å²) in [7, 11) is 0. The first-order valence-electron chi connectivity index (χ1n) is 6.84. The topological polar surface area (TPSA) is 60.5 Å². The second-order valence-corrected chi connectivity index (χ2v) is 4.24. The summed E-state index contributed by atoms with van der Waals surface area (Å²) in [6.07, 6.45) is 1.50. The summed E-state index contributed by atoms with van der Waals surface area (Å²) in [6, 6.07) is 13.1. The third-order valence-electron chi connectivity index (χ3n) is 2.69. The van der Waals surface area contributed by atoms with Crippen molar-refractivity contribution >= 4 is 11.8 Å². The van der Waals surface area contributed by atoms with Gasteiger partial charge in [0.1, 0.15) is 18.2 Å². The van der Waals surface area contributed by atoms with Crippen LogP contribution < -0.4 is 10.1 Å². The lowest BCUT2D eigenvalue weighted by atomic mass is 10.3. The number of esters is 1. The van der Waals surface area contributed by atoms with Crippen LogP contribution in [0.1, 0.15) is 17.3 Å². The highest BCUT2D eigenvalue weighted by molar-refractivity contribution is 5.89. The normalized spacial score (nSPS) is 9.95. The fourth-order valence-electron chi connectivity index (χ4n) is 1.70. The summed E-state index contributed by atoms with van der Waals surface area (Å²) in [6.45, 7) is 3.29. The molecule has 0 aliphatic rings. The van der Waals surface area contributed by atoms with Crippen molar-refractivity contribution in [2.24, 2.45) is 0 Å². The first-order valence-corrected chi connectivity index (χ1v) is 6.84. The van der Waals surface area contributed by atoms with Crippen LogP contribution in [0.25, 0.3) is 0 Å². The van der Waals surface area contributed by atoms with E-state index in [9.17, 15) is 4.79 Å². The highest BCUT2D eigenvalue weighted by atomic mass is 16.5. The molecular formula is C16H18N2O3. The van der Waals surface area contributed by atoms with E-state index in [0.717, 1.165) is 5.75 Å². The minimum Gasteiger partial charge on any atom is -0.492 e. The van der Waals surface area contributed by atoms with Gasteiger partial charge in [0.2, 0.25) is 0 Å². The zero-order valence-corrected chi connectivity index (χ0v) is 11.9. The highest BCUT2D eigenvalue weighted by Gasteiger charge is 2.06. The van der Waals surface area contributed by atoms with Gasteiger partial charge in [0.25, 0.3) is 0 Å². The van der Waals surface area contributed by atoms with E-state index >= 15 is 0 Å². The molecule has 0 saturated heterocycles. The lowest BCUT2D eigenvalue weighted by molar-refractivity contribution is 0.0526. The maximum Gasteiger partial charge on any atom is 0.339 e. The number of rotatable bonds is 7. The number of hydrogen-bond acceptors (Lipinski definition) is 5. The molecule has 5 nitrogen and oxygen atoms in total. The Hall–Kier alpha value is -2.56. The van der Waals surface area contributed by atoms with Crippen molar-refractivity contribution in [2.45, 2.75) is 6.92 Å². The van der Waals surface area contributed by atoms with Crippen LogP contribution >= 0.6 is 0 Å². The Morgan fingerprint density at radius 2 is 2.00 bits per heavy atom. The molecule has 1 aromatic heterocycles. The van der Waals surface area contributed by atoms with Gasteiger partial charge in [0, 0.05) is 6.20 Å². The Morgan fingerprint density at radius 3 is 2.67 bits per heavy atom. The van der Waals surface area contributed by atoms with Crippen molar-refractivity contribution in [3.63, 3.8) is 0 Å². The Balaban J connectivity index is 1.75. The summed E-state index contributed by atoms with van der Waals surface area (Å²) in [5.41, 5.74) is 0.447. The molecule has 2 aromatic rings. The lowest BCUT2D eigenvalue weighted by Gasteiger charge is -2.08. The SMILES string of the molecule is CCOC(=O)c1ccc(NCCOc2ccccc2)nc1. The van der Waals surface area contributed by atoms with Gasteiger partial charge in [0.05, 0.1) is 18.7 Å². The van der Waals surface area contributed by atoms with Crippen molar-refractivity contribution in [1.82, 2.24) is 4.98 Å². The molecule has 0 aliphatic carbocycles. The van der Waals surface area contributed by atoms with Crippen molar-refractivity contribution in [2.75, 3.05) is 25.1 Å². The Morgan fingerprint density at radius 1 is 1.19 bits per heavy atom. The average molecular weight is 286 g/mol. The number of carbonyl (C=O) groups is 1. The van der Waals surface area contributed by atoms with E-state index in [2.05, 4.69) is 10.3 Å². The van der Waals surface area contributed by atoms with Gasteiger partial charge in [-0.1, -0.05) is 18.2 Å². The lowest BCUT2D eigenvalue weighted by Crippen LogP contribution is -2.12. The van der Waals surface area contributed by atoms with Gasteiger partial charge in [-0.25, -0.2) is 9.78 Å². The van der Waals surface area contributed by atoms with Gasteiger partial charge in [-0.15, -0.1) is 0 Å². The molecule has 1 aromatic carbocycles. The predicted octanol–water partition coefficient (Wildman–Crippen LogP) is 2.75. The molecule has 0 spiro atoms. The summed E-state index contributed by atoms with van der Waals surface area (Å²) in [4.78, 5) is 15.6. The second-order valence-electron chi connectivity index (χ2n) is 4.24. The third-order valence-corrected chi connectivity index (χ3v) is 2.69. The number of aromatic nitrogens is 1. The zero-order chi connectivity index (χ0) is 14.9. The zero-order valence-electron chi connectivity index (χ0n) is 11.9. The molecule has 1 heterocycles. The van der Waals surface area contributed by atoms with E-state index < -0.39 is 0 Å². The van der Waals surface area contributed by atoms with E-state index in [1.165, 1.54) is 6.20 Å². The van der Waals surface area contributed by atoms with Crippen LogP contribution in [0.3, 0.4) is 0 Å². The molecule has 0 atom stereocenters. The number of para-hydroxylation sites is 1. The van der Waals surface area contributed by atoms with Crippen molar-refractivity contribution in [3.05, 3.63) is 54.2 Å². The van der Waals surface area contributed by atoms with Crippen LogP contribution in [0.4, 0.5) is 5.82 Å². The van der Waals surface area contributed by atoms with Gasteiger partial charge in [-0.05, 0) is 31.2 Å². The van der Waals surface area contributed by atoms with Crippen LogP contribution in [0.15, 0.2) is 48.7 Å². The number of hydrogen-bond donors (Lipinski definition) is 1. The van der Waals surface area contributed by atoms with E-state index in [1.54, 1.807) is 19.1 Å². The van der Waals surface area contributed by atoms with Crippen molar-refractivity contribution < 1.29 is 14.3 Å². The molecule has 5 heteroatoms. The van der Waals surface area contributed by atoms with Crippen LogP contribution in [0, 0.1) is 0 Å². The molecule has 1 N–H and O–H groups in total. The van der Waals surface area contributed by atoms with Gasteiger partial charge >= 0.3 is 5.97 Å². The minimum absolute atomic E-state index is 0.357. The molecule has 0 amide bonds. The van der Waals surface area contributed by atoms with E-state index in [0.29, 0.717) is 31.1 Å². The molecule has 0 radical (unpaired) electrons. The molecule has 0 aliphatic heterocycles. The number of ether oxygens (including phenoxy) is 2. The predicted molar refractivity (Wildman–Crippen MR) is 80.6 cm³/mol. The first-order chi connectivity index (χ1) is 10.3. The van der Waals surface area contributed by atoms with Gasteiger partial charge < -0.3 is 14.8 Å². The largest absolute Gasteiger partial charge is 0.492 e. The highest BCUT2D eigenvalue weighted by Crippen LogP contribution is 2.09. The van der Waals surface area contributed by atoms with Crippen LogP contribution in [-0.4, -0.2) is 30.7 Å². The van der Waals surface area contributed by atoms with E-state index in [1.807, 2.05) is 30.3 Å². The average Bonchev–Trinajstić information content (AvgIpc) is 2.53. The quantitative estimate of drug-likeness (QED) is 0.626. The number of pyridine rings is 1. The summed E-state index contributed by atoms with van der Waals surface area (Å²) >= 11 is 0. The van der Waals surface area contributed by atoms with Gasteiger partial charge in [0.15, 0.2) is 0 Å². The van der Waals surface area contributed by atoms with Crippen LogP contribution in [0.5, 0.6) is 5.75 Å². The maximum absolute atomic E-state index is 11.5. The number of anilines is 1. The Kier molecular flexibility index (Phi) is 5.58. The van der Waals surface area contributed by atoms with Gasteiger partial charge in [-0.2, -0.15) is 0 Å². The summed E-state index contributed by atoms with van der Waals surface area (Å²) in [5.74, 6) is 1.17. The molecule has 0 saturated carbocycles. The van der Waals surface area contributed by atoms with Crippen molar-refractivity contribution in [3.8, 4) is 5.75 Å². The van der Waals surface area contributed by atoms with Crippen molar-refractivity contribution in [1.29, 1.82) is 0 Å². The molecule has 0 unspecified atom stereocenters. The standard InChI is InChI=1S/C16H18N2O3/c1-2-20-16(19)13-8-9-15(18-12-13)17-10-11-21-14-6-4-3-5-7-14/h3-9,12H,2,10-11H2,1H3,(H,17,18). The minimum atomic E-state index is -0.357. The molecular weight excluding hydrogens is 268 g/mol. The first kappa shape index (κ1) is 14.8. The smallest absolute Gasteiger partial charge is 0.339 e.